The van der Waals surface area contributed by atoms with Crippen LogP contribution in [0, 0.1) is 6.92 Å². The number of hydrogen-bond donors (Lipinski definition) is 1. The van der Waals surface area contributed by atoms with Gasteiger partial charge in [0.05, 0.1) is 17.6 Å². The van der Waals surface area contributed by atoms with E-state index in [0.717, 1.165) is 21.9 Å². The Kier molecular flexibility index (Phi) is 6.11. The van der Waals surface area contributed by atoms with Gasteiger partial charge in [-0.3, -0.25) is 4.79 Å². The number of nitrogens with zero attached hydrogens (tertiary/aromatic N) is 2. The number of para-hydroxylation sites is 1. The molecule has 3 rings (SSSR count). The smallest absolute Gasteiger partial charge is 0.267 e. The van der Waals surface area contributed by atoms with Crippen LogP contribution in [-0.4, -0.2) is 32.6 Å². The lowest BCUT2D eigenvalue weighted by molar-refractivity contribution is 0.102. The van der Waals surface area contributed by atoms with Gasteiger partial charge in [0.2, 0.25) is 10.0 Å². The Morgan fingerprint density at radius 1 is 1.21 bits per heavy atom. The Balaban J connectivity index is 1.88. The van der Waals surface area contributed by atoms with Crippen molar-refractivity contribution in [2.24, 2.45) is 0 Å². The van der Waals surface area contributed by atoms with Crippen LogP contribution in [0.3, 0.4) is 0 Å². The van der Waals surface area contributed by atoms with Crippen LogP contribution in [0.4, 0.5) is 10.8 Å². The van der Waals surface area contributed by atoms with E-state index in [-0.39, 0.29) is 5.13 Å². The summed E-state index contributed by atoms with van der Waals surface area (Å²) in [5.41, 5.74) is 0.808. The molecule has 0 bridgehead atoms. The first-order valence-corrected chi connectivity index (χ1v) is 11.4. The van der Waals surface area contributed by atoms with Gasteiger partial charge in [-0.05, 0) is 37.3 Å². The third-order valence-electron chi connectivity index (χ3n) is 3.92. The molecule has 1 N–H and O–H groups in total. The van der Waals surface area contributed by atoms with E-state index in [1.807, 2.05) is 18.2 Å². The highest BCUT2D eigenvalue weighted by molar-refractivity contribution is 7.92. The van der Waals surface area contributed by atoms with Gasteiger partial charge in [0, 0.05) is 12.1 Å². The van der Waals surface area contributed by atoms with E-state index < -0.39 is 15.9 Å². The Labute approximate surface area is 178 Å². The van der Waals surface area contributed by atoms with Crippen molar-refractivity contribution in [1.29, 1.82) is 0 Å². The number of carbonyl (C=O) groups is 1. The molecule has 0 unspecified atom stereocenters. The molecule has 0 spiro atoms. The van der Waals surface area contributed by atoms with Crippen LogP contribution in [0.5, 0.6) is 11.5 Å². The number of aryl methyl sites for hydroxylation is 1. The summed E-state index contributed by atoms with van der Waals surface area (Å²) in [5, 5.41) is 3.41. The van der Waals surface area contributed by atoms with Crippen molar-refractivity contribution in [2.75, 3.05) is 22.9 Å². The van der Waals surface area contributed by atoms with Gasteiger partial charge in [0.1, 0.15) is 10.6 Å². The number of ether oxygens (including phenoxy) is 1. The maximum atomic E-state index is 12.8. The maximum absolute atomic E-state index is 12.8. The highest BCUT2D eigenvalue weighted by Gasteiger charge is 2.22. The highest BCUT2D eigenvalue weighted by Crippen LogP contribution is 2.33. The number of sulfonamides is 1. The summed E-state index contributed by atoms with van der Waals surface area (Å²) < 4.78 is 30.3. The van der Waals surface area contributed by atoms with Crippen LogP contribution in [0.15, 0.2) is 48.5 Å². The molecule has 0 saturated heterocycles. The van der Waals surface area contributed by atoms with E-state index in [9.17, 15) is 13.2 Å². The van der Waals surface area contributed by atoms with Crippen molar-refractivity contribution in [1.82, 2.24) is 4.98 Å². The monoisotopic (exact) mass is 451 g/mol. The Morgan fingerprint density at radius 2 is 1.90 bits per heavy atom. The first-order chi connectivity index (χ1) is 13.6. The summed E-state index contributed by atoms with van der Waals surface area (Å²) >= 11 is 7.07. The largest absolute Gasteiger partial charge is 0.455 e. The average Bonchev–Trinajstić information content (AvgIpc) is 3.05. The molecule has 10 heteroatoms. The maximum Gasteiger partial charge on any atom is 0.267 e. The summed E-state index contributed by atoms with van der Waals surface area (Å²) in [6, 6.07) is 14.0. The van der Waals surface area contributed by atoms with E-state index in [2.05, 4.69) is 10.3 Å². The van der Waals surface area contributed by atoms with Crippen molar-refractivity contribution in [3.8, 4) is 11.5 Å². The van der Waals surface area contributed by atoms with Crippen LogP contribution >= 0.6 is 22.9 Å². The molecule has 0 fully saturated rings. The first kappa shape index (κ1) is 21.1. The van der Waals surface area contributed by atoms with Gasteiger partial charge in [-0.1, -0.05) is 41.1 Å². The van der Waals surface area contributed by atoms with Gasteiger partial charge in [-0.25, -0.2) is 17.7 Å². The van der Waals surface area contributed by atoms with Gasteiger partial charge in [-0.15, -0.1) is 0 Å². The normalized spacial score (nSPS) is 11.2. The van der Waals surface area contributed by atoms with E-state index >= 15 is 0 Å². The minimum atomic E-state index is -3.48. The van der Waals surface area contributed by atoms with Crippen LogP contribution in [-0.2, 0) is 10.0 Å². The van der Waals surface area contributed by atoms with E-state index in [4.69, 9.17) is 16.3 Å². The zero-order chi connectivity index (χ0) is 21.2. The highest BCUT2D eigenvalue weighted by atomic mass is 35.5. The predicted molar refractivity (Wildman–Crippen MR) is 116 cm³/mol. The van der Waals surface area contributed by atoms with Gasteiger partial charge in [-0.2, -0.15) is 0 Å². The molecule has 1 aromatic heterocycles. The fourth-order valence-corrected chi connectivity index (χ4v) is 4.20. The molecule has 0 atom stereocenters. The van der Waals surface area contributed by atoms with E-state index in [0.29, 0.717) is 32.8 Å². The molecule has 1 heterocycles. The molecule has 0 aliphatic rings. The Bertz CT molecular complexity index is 1150. The lowest BCUT2D eigenvalue weighted by Gasteiger charge is -2.13. The number of amides is 1. The van der Waals surface area contributed by atoms with Crippen LogP contribution in [0.1, 0.15) is 15.4 Å². The zero-order valence-electron chi connectivity index (χ0n) is 15.8. The second-order valence-corrected chi connectivity index (χ2v) is 9.58. The SMILES string of the molecule is Cc1nc(N(C)S(C)(=O)=O)sc1C(=O)Nc1cc(Cl)ccc1Oc1ccccc1. The molecule has 2 aromatic carbocycles. The quantitative estimate of drug-likeness (QED) is 0.594. The fraction of sp³-hybridized carbons (Fsp3) is 0.158. The number of carbonyl (C=O) groups excluding carboxylic acids is 1. The van der Waals surface area contributed by atoms with Crippen molar-refractivity contribution in [3.05, 3.63) is 64.1 Å². The topological polar surface area (TPSA) is 88.6 Å². The number of halogens is 1. The van der Waals surface area contributed by atoms with Gasteiger partial charge in [0.15, 0.2) is 10.9 Å². The third kappa shape index (κ3) is 5.06. The molecule has 3 aromatic rings. The zero-order valence-corrected chi connectivity index (χ0v) is 18.2. The summed E-state index contributed by atoms with van der Waals surface area (Å²) in [5.74, 6) is 0.592. The third-order valence-corrected chi connectivity index (χ3v) is 6.67. The molecule has 0 saturated carbocycles. The lowest BCUT2D eigenvalue weighted by Crippen LogP contribution is -2.24. The van der Waals surface area contributed by atoms with Crippen molar-refractivity contribution in [2.45, 2.75) is 6.92 Å². The standard InChI is InChI=1S/C19H18ClN3O4S2/c1-12-17(28-19(21-12)23(2)29(3,25)26)18(24)22-15-11-13(20)9-10-16(15)27-14-7-5-4-6-8-14/h4-11H,1-3H3,(H,22,24). The number of benzene rings is 2. The van der Waals surface area contributed by atoms with Gasteiger partial charge < -0.3 is 10.1 Å². The molecular formula is C19H18ClN3O4S2. The van der Waals surface area contributed by atoms with Crippen molar-refractivity contribution < 1.29 is 17.9 Å². The van der Waals surface area contributed by atoms with Crippen LogP contribution in [0.25, 0.3) is 0 Å². The molecular weight excluding hydrogens is 434 g/mol. The van der Waals surface area contributed by atoms with E-state index in [1.165, 1.54) is 7.05 Å². The van der Waals surface area contributed by atoms with Crippen LogP contribution < -0.4 is 14.4 Å². The van der Waals surface area contributed by atoms with Crippen LogP contribution in [0.2, 0.25) is 5.02 Å². The molecule has 1 amide bonds. The van der Waals surface area contributed by atoms with Gasteiger partial charge in [0.25, 0.3) is 5.91 Å². The van der Waals surface area contributed by atoms with Gasteiger partial charge >= 0.3 is 0 Å². The average molecular weight is 452 g/mol. The summed E-state index contributed by atoms with van der Waals surface area (Å²) in [6.45, 7) is 1.64. The predicted octanol–water partition coefficient (Wildman–Crippen LogP) is 4.55. The first-order valence-electron chi connectivity index (χ1n) is 8.40. The Morgan fingerprint density at radius 3 is 2.55 bits per heavy atom. The Hall–Kier alpha value is -2.62. The lowest BCUT2D eigenvalue weighted by atomic mass is 10.2. The molecule has 0 aliphatic carbocycles. The summed E-state index contributed by atoms with van der Waals surface area (Å²) in [6.07, 6.45) is 1.07. The van der Waals surface area contributed by atoms with E-state index in [1.54, 1.807) is 37.3 Å². The molecule has 29 heavy (non-hydrogen) atoms. The van der Waals surface area contributed by atoms with Crippen molar-refractivity contribution in [3.63, 3.8) is 0 Å². The number of rotatable bonds is 6. The molecule has 0 radical (unpaired) electrons. The number of aromatic nitrogens is 1. The number of nitrogens with one attached hydrogen (secondary N) is 1. The molecule has 0 aliphatic heterocycles. The fourth-order valence-electron chi connectivity index (χ4n) is 2.35. The molecule has 7 nitrogen and oxygen atoms in total. The number of hydrogen-bond acceptors (Lipinski definition) is 6. The molecule has 152 valence electrons. The number of anilines is 2. The van der Waals surface area contributed by atoms with Crippen molar-refractivity contribution >= 4 is 49.7 Å². The summed E-state index contributed by atoms with van der Waals surface area (Å²) in [4.78, 5) is 17.3. The summed E-state index contributed by atoms with van der Waals surface area (Å²) in [7, 11) is -2.09. The second-order valence-electron chi connectivity index (χ2n) is 6.15. The second kappa shape index (κ2) is 8.40. The minimum absolute atomic E-state index is 0.210. The minimum Gasteiger partial charge on any atom is -0.455 e. The number of thiazole rings is 1.